The fourth-order valence-electron chi connectivity index (χ4n) is 2.35. The molecule has 0 saturated carbocycles. The summed E-state index contributed by atoms with van der Waals surface area (Å²) in [7, 11) is 1.50. The molecule has 2 N–H and O–H groups in total. The minimum absolute atomic E-state index is 0.230. The van der Waals surface area contributed by atoms with E-state index in [1.54, 1.807) is 30.3 Å². The molecule has 2 aromatic rings. The number of nitrogens with zero attached hydrogens (tertiary/aromatic N) is 1. The maximum absolute atomic E-state index is 11.7. The molecule has 0 saturated heterocycles. The SMILES string of the molecule is CCOc1cc(/C=N\NC(=O)C(=O)NCCOC)ccc1OCc1ccc(Cl)c(Cl)c1. The van der Waals surface area contributed by atoms with Gasteiger partial charge >= 0.3 is 11.8 Å². The standard InChI is InChI=1S/C21H23Cl2N3O5/c1-3-30-19-11-14(12-25-26-21(28)20(27)24-8-9-29-2)5-7-18(19)31-13-15-4-6-16(22)17(23)10-15/h4-7,10-12H,3,8-9,13H2,1-2H3,(H,24,27)(H,26,28)/b25-12-. The van der Waals surface area contributed by atoms with Gasteiger partial charge in [-0.2, -0.15) is 5.10 Å². The minimum atomic E-state index is -0.876. The van der Waals surface area contributed by atoms with Crippen molar-refractivity contribution in [3.8, 4) is 11.5 Å². The molecule has 166 valence electrons. The third-order valence-corrected chi connectivity index (χ3v) is 4.56. The maximum Gasteiger partial charge on any atom is 0.329 e. The van der Waals surface area contributed by atoms with Crippen molar-refractivity contribution in [2.24, 2.45) is 5.10 Å². The van der Waals surface area contributed by atoms with Crippen LogP contribution in [0.15, 0.2) is 41.5 Å². The summed E-state index contributed by atoms with van der Waals surface area (Å²) < 4.78 is 16.3. The van der Waals surface area contributed by atoms with E-state index in [1.807, 2.05) is 13.0 Å². The number of halogens is 2. The van der Waals surface area contributed by atoms with Crippen molar-refractivity contribution in [3.63, 3.8) is 0 Å². The Kier molecular flexibility index (Phi) is 10.1. The summed E-state index contributed by atoms with van der Waals surface area (Å²) in [5.74, 6) is -0.629. The van der Waals surface area contributed by atoms with Crippen LogP contribution in [0.3, 0.4) is 0 Å². The van der Waals surface area contributed by atoms with Gasteiger partial charge in [-0.05, 0) is 48.4 Å². The molecular weight excluding hydrogens is 445 g/mol. The molecule has 0 aliphatic heterocycles. The number of hydrazone groups is 1. The van der Waals surface area contributed by atoms with E-state index < -0.39 is 11.8 Å². The van der Waals surface area contributed by atoms with Crippen LogP contribution in [0.4, 0.5) is 0 Å². The predicted molar refractivity (Wildman–Crippen MR) is 119 cm³/mol. The van der Waals surface area contributed by atoms with Crippen molar-refractivity contribution in [2.75, 3.05) is 26.9 Å². The predicted octanol–water partition coefficient (Wildman–Crippen LogP) is 3.18. The highest BCUT2D eigenvalue weighted by Gasteiger charge is 2.11. The van der Waals surface area contributed by atoms with Gasteiger partial charge in [-0.1, -0.05) is 29.3 Å². The van der Waals surface area contributed by atoms with E-state index in [0.717, 1.165) is 5.56 Å². The molecule has 31 heavy (non-hydrogen) atoms. The summed E-state index contributed by atoms with van der Waals surface area (Å²) >= 11 is 12.0. The number of nitrogens with one attached hydrogen (secondary N) is 2. The highest BCUT2D eigenvalue weighted by molar-refractivity contribution is 6.42. The summed E-state index contributed by atoms with van der Waals surface area (Å²) in [6.45, 7) is 3.10. The molecule has 0 atom stereocenters. The molecule has 2 rings (SSSR count). The Morgan fingerprint density at radius 2 is 1.84 bits per heavy atom. The summed E-state index contributed by atoms with van der Waals surface area (Å²) in [5.41, 5.74) is 3.66. The molecule has 0 radical (unpaired) electrons. The topological polar surface area (TPSA) is 98.2 Å². The molecule has 8 nitrogen and oxygen atoms in total. The van der Waals surface area contributed by atoms with Gasteiger partial charge in [0.1, 0.15) is 6.61 Å². The summed E-state index contributed by atoms with van der Waals surface area (Å²) in [4.78, 5) is 23.2. The van der Waals surface area contributed by atoms with Crippen molar-refractivity contribution >= 4 is 41.2 Å². The fraction of sp³-hybridized carbons (Fsp3) is 0.286. The summed E-state index contributed by atoms with van der Waals surface area (Å²) in [6.07, 6.45) is 1.39. The number of hydrogen-bond acceptors (Lipinski definition) is 6. The van der Waals surface area contributed by atoms with Gasteiger partial charge in [0.15, 0.2) is 11.5 Å². The van der Waals surface area contributed by atoms with E-state index in [0.29, 0.717) is 40.3 Å². The van der Waals surface area contributed by atoms with Crippen LogP contribution in [-0.4, -0.2) is 44.9 Å². The molecule has 0 aliphatic rings. The number of carbonyl (C=O) groups is 2. The first-order valence-corrected chi connectivity index (χ1v) is 10.1. The Bertz CT molecular complexity index is 937. The Morgan fingerprint density at radius 3 is 2.55 bits per heavy atom. The lowest BCUT2D eigenvalue weighted by molar-refractivity contribution is -0.139. The highest BCUT2D eigenvalue weighted by Crippen LogP contribution is 2.29. The van der Waals surface area contributed by atoms with Crippen LogP contribution >= 0.6 is 23.2 Å². The summed E-state index contributed by atoms with van der Waals surface area (Å²) in [6, 6.07) is 10.4. The van der Waals surface area contributed by atoms with Crippen LogP contribution < -0.4 is 20.2 Å². The smallest absolute Gasteiger partial charge is 0.329 e. The summed E-state index contributed by atoms with van der Waals surface area (Å²) in [5, 5.41) is 7.12. The molecule has 0 fully saturated rings. The first-order chi connectivity index (χ1) is 14.9. The van der Waals surface area contributed by atoms with E-state index in [1.165, 1.54) is 13.3 Å². The highest BCUT2D eigenvalue weighted by atomic mass is 35.5. The number of rotatable bonds is 10. The molecule has 0 bridgehead atoms. The maximum atomic E-state index is 11.7. The van der Waals surface area contributed by atoms with Gasteiger partial charge in [-0.3, -0.25) is 9.59 Å². The van der Waals surface area contributed by atoms with Gasteiger partial charge in [-0.25, -0.2) is 5.43 Å². The van der Waals surface area contributed by atoms with E-state index in [9.17, 15) is 9.59 Å². The molecular formula is C21H23Cl2N3O5. The molecule has 2 aromatic carbocycles. The zero-order valence-corrected chi connectivity index (χ0v) is 18.6. The average Bonchev–Trinajstić information content (AvgIpc) is 2.75. The van der Waals surface area contributed by atoms with Crippen LogP contribution in [0.1, 0.15) is 18.1 Å². The lowest BCUT2D eigenvalue weighted by atomic mass is 10.2. The normalized spacial score (nSPS) is 10.7. The zero-order valence-electron chi connectivity index (χ0n) is 17.1. The van der Waals surface area contributed by atoms with Gasteiger partial charge < -0.3 is 19.5 Å². The van der Waals surface area contributed by atoms with Gasteiger partial charge in [0.25, 0.3) is 0 Å². The second-order valence-electron chi connectivity index (χ2n) is 6.12. The van der Waals surface area contributed by atoms with E-state index in [4.69, 9.17) is 37.4 Å². The van der Waals surface area contributed by atoms with Gasteiger partial charge in [-0.15, -0.1) is 0 Å². The Balaban J connectivity index is 1.98. The van der Waals surface area contributed by atoms with Gasteiger partial charge in [0.05, 0.1) is 29.5 Å². The van der Waals surface area contributed by atoms with Crippen LogP contribution in [0.2, 0.25) is 10.0 Å². The second kappa shape index (κ2) is 12.8. The minimum Gasteiger partial charge on any atom is -0.490 e. The number of ether oxygens (including phenoxy) is 3. The van der Waals surface area contributed by atoms with Crippen molar-refractivity contribution in [1.29, 1.82) is 0 Å². The molecule has 0 heterocycles. The molecule has 0 aromatic heterocycles. The van der Waals surface area contributed by atoms with Gasteiger partial charge in [0, 0.05) is 13.7 Å². The Morgan fingerprint density at radius 1 is 1.03 bits per heavy atom. The fourth-order valence-corrected chi connectivity index (χ4v) is 2.67. The molecule has 10 heteroatoms. The number of amides is 2. The quantitative estimate of drug-likeness (QED) is 0.242. The van der Waals surface area contributed by atoms with Crippen LogP contribution in [0, 0.1) is 0 Å². The Labute approximate surface area is 190 Å². The number of methoxy groups -OCH3 is 1. The van der Waals surface area contributed by atoms with E-state index >= 15 is 0 Å². The number of benzene rings is 2. The second-order valence-corrected chi connectivity index (χ2v) is 6.94. The third-order valence-electron chi connectivity index (χ3n) is 3.82. The van der Waals surface area contributed by atoms with Gasteiger partial charge in [0.2, 0.25) is 0 Å². The average molecular weight is 468 g/mol. The lowest BCUT2D eigenvalue weighted by Gasteiger charge is -2.13. The molecule has 2 amide bonds. The van der Waals surface area contributed by atoms with Crippen molar-refractivity contribution in [3.05, 3.63) is 57.6 Å². The first kappa shape index (κ1) is 24.5. The van der Waals surface area contributed by atoms with Crippen molar-refractivity contribution in [1.82, 2.24) is 10.7 Å². The third kappa shape index (κ3) is 8.09. The van der Waals surface area contributed by atoms with E-state index in [2.05, 4.69) is 15.8 Å². The molecule has 0 spiro atoms. The Hall–Kier alpha value is -2.81. The number of carbonyl (C=O) groups excluding carboxylic acids is 2. The van der Waals surface area contributed by atoms with Crippen LogP contribution in [0.5, 0.6) is 11.5 Å². The number of hydrogen-bond donors (Lipinski definition) is 2. The molecule has 0 aliphatic carbocycles. The first-order valence-electron chi connectivity index (χ1n) is 9.38. The monoisotopic (exact) mass is 467 g/mol. The van der Waals surface area contributed by atoms with Crippen LogP contribution in [0.25, 0.3) is 0 Å². The largest absolute Gasteiger partial charge is 0.490 e. The van der Waals surface area contributed by atoms with E-state index in [-0.39, 0.29) is 13.2 Å². The zero-order chi connectivity index (χ0) is 22.6. The van der Waals surface area contributed by atoms with Crippen LogP contribution in [-0.2, 0) is 20.9 Å². The molecule has 0 unspecified atom stereocenters. The van der Waals surface area contributed by atoms with Crippen molar-refractivity contribution in [2.45, 2.75) is 13.5 Å². The lowest BCUT2D eigenvalue weighted by Crippen LogP contribution is -2.39. The van der Waals surface area contributed by atoms with Crippen molar-refractivity contribution < 1.29 is 23.8 Å².